The molecule has 0 aliphatic carbocycles. The molecule has 1 aliphatic rings. The average Bonchev–Trinajstić information content (AvgIpc) is 3.42. The molecule has 10 heteroatoms. The van der Waals surface area contributed by atoms with Gasteiger partial charge in [-0.05, 0) is 44.0 Å². The first kappa shape index (κ1) is 19.7. The molecule has 7 nitrogen and oxygen atoms in total. The van der Waals surface area contributed by atoms with Gasteiger partial charge < -0.3 is 9.73 Å². The summed E-state index contributed by atoms with van der Waals surface area (Å²) in [5, 5.41) is 4.76. The Morgan fingerprint density at radius 2 is 2.10 bits per heavy atom. The molecule has 1 atom stereocenters. The average molecular weight is 436 g/mol. The van der Waals surface area contributed by atoms with Gasteiger partial charge in [0.1, 0.15) is 28.2 Å². The number of anilines is 1. The summed E-state index contributed by atoms with van der Waals surface area (Å²) in [6.45, 7) is 1.98. The maximum absolute atomic E-state index is 14.1. The van der Waals surface area contributed by atoms with Crippen LogP contribution in [-0.2, 0) is 14.8 Å². The summed E-state index contributed by atoms with van der Waals surface area (Å²) in [5.41, 5.74) is 0.584. The quantitative estimate of drug-likeness (QED) is 0.661. The van der Waals surface area contributed by atoms with E-state index in [9.17, 15) is 17.6 Å². The van der Waals surface area contributed by atoms with E-state index in [4.69, 9.17) is 4.42 Å². The third-order valence-corrected chi connectivity index (χ3v) is 7.36. The lowest BCUT2D eigenvalue weighted by atomic mass is 10.2. The van der Waals surface area contributed by atoms with Crippen LogP contribution in [0.1, 0.15) is 18.6 Å². The van der Waals surface area contributed by atoms with Crippen molar-refractivity contribution in [1.29, 1.82) is 0 Å². The molecule has 1 amide bonds. The van der Waals surface area contributed by atoms with Crippen LogP contribution in [0.4, 0.5) is 9.52 Å². The van der Waals surface area contributed by atoms with Crippen molar-refractivity contribution in [2.45, 2.75) is 30.7 Å². The number of hydrogen-bond donors (Lipinski definition) is 1. The van der Waals surface area contributed by atoms with E-state index in [1.165, 1.54) is 29.5 Å². The predicted molar refractivity (Wildman–Crippen MR) is 106 cm³/mol. The van der Waals surface area contributed by atoms with Crippen LogP contribution < -0.4 is 5.32 Å². The molecular weight excluding hydrogens is 417 g/mol. The molecule has 152 valence electrons. The largest absolute Gasteiger partial charge is 0.460 e. The standard InChI is InChI=1S/C19H18FN3O4S2/c1-12-8-9-16(27-12)14-11-28-19(21-14)22-18(24)15-6-4-10-23(15)29(25,26)17-7-3-2-5-13(17)20/h2-3,5,7-9,11,15H,4,6,10H2,1H3,(H,21,22,24)/t15-/m0/s1. The summed E-state index contributed by atoms with van der Waals surface area (Å²) in [6, 6.07) is 7.85. The minimum absolute atomic E-state index is 0.156. The van der Waals surface area contributed by atoms with E-state index in [-0.39, 0.29) is 6.54 Å². The highest BCUT2D eigenvalue weighted by Crippen LogP contribution is 2.30. The summed E-state index contributed by atoms with van der Waals surface area (Å²) in [4.78, 5) is 16.7. The molecule has 0 spiro atoms. The fourth-order valence-corrected chi connectivity index (χ4v) is 5.70. The van der Waals surface area contributed by atoms with Crippen molar-refractivity contribution in [2.75, 3.05) is 11.9 Å². The molecule has 0 radical (unpaired) electrons. The topological polar surface area (TPSA) is 92.5 Å². The minimum Gasteiger partial charge on any atom is -0.460 e. The molecule has 1 aromatic carbocycles. The second-order valence-electron chi connectivity index (χ2n) is 6.64. The molecule has 1 N–H and O–H groups in total. The number of halogens is 1. The van der Waals surface area contributed by atoms with Crippen molar-refractivity contribution in [3.05, 3.63) is 53.4 Å². The van der Waals surface area contributed by atoms with Crippen molar-refractivity contribution in [1.82, 2.24) is 9.29 Å². The number of rotatable bonds is 5. The van der Waals surface area contributed by atoms with Gasteiger partial charge in [0.05, 0.1) is 0 Å². The van der Waals surface area contributed by atoms with Crippen molar-refractivity contribution < 1.29 is 22.0 Å². The third kappa shape index (κ3) is 3.83. The van der Waals surface area contributed by atoms with Gasteiger partial charge in [-0.3, -0.25) is 4.79 Å². The number of hydrogen-bond acceptors (Lipinski definition) is 6. The fourth-order valence-electron chi connectivity index (χ4n) is 3.28. The molecular formula is C19H18FN3O4S2. The lowest BCUT2D eigenvalue weighted by molar-refractivity contribution is -0.119. The Bertz CT molecular complexity index is 1160. The highest BCUT2D eigenvalue weighted by atomic mass is 32.2. The smallest absolute Gasteiger partial charge is 0.246 e. The lowest BCUT2D eigenvalue weighted by Crippen LogP contribution is -2.43. The van der Waals surface area contributed by atoms with Gasteiger partial charge in [0.25, 0.3) is 0 Å². The molecule has 29 heavy (non-hydrogen) atoms. The van der Waals surface area contributed by atoms with Crippen LogP contribution in [0.5, 0.6) is 0 Å². The molecule has 1 aliphatic heterocycles. The summed E-state index contributed by atoms with van der Waals surface area (Å²) in [7, 11) is -4.13. The van der Waals surface area contributed by atoms with E-state index in [0.717, 1.165) is 16.1 Å². The molecule has 3 aromatic rings. The first-order valence-corrected chi connectivity index (χ1v) is 11.3. The highest BCUT2D eigenvalue weighted by Gasteiger charge is 2.40. The second-order valence-corrected chi connectivity index (χ2v) is 9.36. The number of amides is 1. The molecule has 0 bridgehead atoms. The van der Waals surface area contributed by atoms with Crippen molar-refractivity contribution in [2.24, 2.45) is 0 Å². The summed E-state index contributed by atoms with van der Waals surface area (Å²) < 4.78 is 46.4. The van der Waals surface area contributed by atoms with Gasteiger partial charge in [-0.25, -0.2) is 17.8 Å². The molecule has 2 aromatic heterocycles. The predicted octanol–water partition coefficient (Wildman–Crippen LogP) is 3.64. The zero-order valence-corrected chi connectivity index (χ0v) is 17.1. The van der Waals surface area contributed by atoms with Crippen LogP contribution in [0.15, 0.2) is 51.1 Å². The number of thiazole rings is 1. The second kappa shape index (κ2) is 7.69. The number of aromatic nitrogens is 1. The first-order valence-electron chi connectivity index (χ1n) is 8.96. The van der Waals surface area contributed by atoms with E-state index >= 15 is 0 Å². The van der Waals surface area contributed by atoms with Crippen LogP contribution in [0, 0.1) is 12.7 Å². The van der Waals surface area contributed by atoms with Gasteiger partial charge in [0, 0.05) is 11.9 Å². The molecule has 3 heterocycles. The molecule has 0 saturated carbocycles. The zero-order valence-electron chi connectivity index (χ0n) is 15.5. The molecule has 0 unspecified atom stereocenters. The van der Waals surface area contributed by atoms with Crippen molar-refractivity contribution >= 4 is 32.4 Å². The Labute approximate surface area is 171 Å². The van der Waals surface area contributed by atoms with Crippen molar-refractivity contribution in [3.63, 3.8) is 0 Å². The summed E-state index contributed by atoms with van der Waals surface area (Å²) in [5.74, 6) is 0.0122. The van der Waals surface area contributed by atoms with Crippen LogP contribution in [0.25, 0.3) is 11.5 Å². The van der Waals surface area contributed by atoms with Crippen LogP contribution in [0.2, 0.25) is 0 Å². The maximum atomic E-state index is 14.1. The summed E-state index contributed by atoms with van der Waals surface area (Å²) in [6.07, 6.45) is 0.871. The fraction of sp³-hybridized carbons (Fsp3) is 0.263. The van der Waals surface area contributed by atoms with E-state index in [2.05, 4.69) is 10.3 Å². The Kier molecular flexibility index (Phi) is 5.24. The molecule has 1 saturated heterocycles. The van der Waals surface area contributed by atoms with Crippen LogP contribution in [-0.4, -0.2) is 36.2 Å². The summed E-state index contributed by atoms with van der Waals surface area (Å²) >= 11 is 1.22. The Hall–Kier alpha value is -2.56. The minimum atomic E-state index is -4.13. The number of nitrogens with one attached hydrogen (secondary N) is 1. The highest BCUT2D eigenvalue weighted by molar-refractivity contribution is 7.89. The van der Waals surface area contributed by atoms with E-state index < -0.39 is 32.7 Å². The normalized spacial score (nSPS) is 17.5. The Morgan fingerprint density at radius 1 is 1.31 bits per heavy atom. The van der Waals surface area contributed by atoms with Gasteiger partial charge in [-0.1, -0.05) is 12.1 Å². The van der Waals surface area contributed by atoms with Gasteiger partial charge in [-0.2, -0.15) is 4.31 Å². The Balaban J connectivity index is 1.53. The number of carbonyl (C=O) groups excluding carboxylic acids is 1. The van der Waals surface area contributed by atoms with Gasteiger partial charge in [0.2, 0.25) is 15.9 Å². The lowest BCUT2D eigenvalue weighted by Gasteiger charge is -2.23. The van der Waals surface area contributed by atoms with Crippen LogP contribution >= 0.6 is 11.3 Å². The SMILES string of the molecule is Cc1ccc(-c2csc(NC(=O)[C@@H]3CCCN3S(=O)(=O)c3ccccc3F)n2)o1. The van der Waals surface area contributed by atoms with E-state index in [1.54, 1.807) is 11.4 Å². The first-order chi connectivity index (χ1) is 13.9. The number of carbonyl (C=O) groups is 1. The maximum Gasteiger partial charge on any atom is 0.246 e. The van der Waals surface area contributed by atoms with Crippen molar-refractivity contribution in [3.8, 4) is 11.5 Å². The number of nitrogens with zero attached hydrogens (tertiary/aromatic N) is 2. The number of furan rings is 1. The molecule has 1 fully saturated rings. The number of benzene rings is 1. The zero-order chi connectivity index (χ0) is 20.6. The van der Waals surface area contributed by atoms with Gasteiger partial charge in [-0.15, -0.1) is 11.3 Å². The molecule has 4 rings (SSSR count). The number of sulfonamides is 1. The van der Waals surface area contributed by atoms with Crippen LogP contribution in [0.3, 0.4) is 0 Å². The Morgan fingerprint density at radius 3 is 2.83 bits per heavy atom. The van der Waals surface area contributed by atoms with Gasteiger partial charge in [0.15, 0.2) is 10.9 Å². The van der Waals surface area contributed by atoms with E-state index in [0.29, 0.717) is 29.4 Å². The monoisotopic (exact) mass is 435 g/mol. The third-order valence-electron chi connectivity index (χ3n) is 4.66. The number of aryl methyl sites for hydroxylation is 1. The van der Waals surface area contributed by atoms with E-state index in [1.807, 2.05) is 13.0 Å². The van der Waals surface area contributed by atoms with Gasteiger partial charge >= 0.3 is 0 Å².